The topological polar surface area (TPSA) is 46.2 Å². The maximum Gasteiger partial charge on any atom is 0.244 e. The maximum atomic E-state index is 11.7. The maximum absolute atomic E-state index is 11.7. The van der Waals surface area contributed by atoms with E-state index in [1.807, 2.05) is 30.3 Å². The van der Waals surface area contributed by atoms with Crippen molar-refractivity contribution in [2.24, 2.45) is 0 Å². The number of rotatable bonds is 5. The predicted octanol–water partition coefficient (Wildman–Crippen LogP) is 1.14. The molecule has 0 spiro atoms. The van der Waals surface area contributed by atoms with Crippen LogP contribution in [0.5, 0.6) is 0 Å². The van der Waals surface area contributed by atoms with Gasteiger partial charge in [-0.25, -0.2) is 0 Å². The van der Waals surface area contributed by atoms with Crippen molar-refractivity contribution in [3.8, 4) is 0 Å². The highest BCUT2D eigenvalue weighted by Crippen LogP contribution is 2.18. The summed E-state index contributed by atoms with van der Waals surface area (Å²) >= 11 is 4.12. The fourth-order valence-corrected chi connectivity index (χ4v) is 1.62. The fraction of sp³-hybridized carbons (Fsp3) is 0.333. The van der Waals surface area contributed by atoms with E-state index in [1.165, 1.54) is 0 Å². The normalized spacial score (nSPS) is 13.9. The molecule has 1 aromatic rings. The molecule has 3 nitrogen and oxygen atoms in total. The van der Waals surface area contributed by atoms with Gasteiger partial charge in [-0.2, -0.15) is 12.6 Å². The number of carbonyl (C=O) groups excluding carboxylic acids is 2. The van der Waals surface area contributed by atoms with Crippen molar-refractivity contribution >= 4 is 24.8 Å². The number of nitrogens with one attached hydrogen (secondary N) is 1. The third-order valence-corrected chi connectivity index (χ3v) is 2.64. The van der Waals surface area contributed by atoms with E-state index in [9.17, 15) is 9.59 Å². The fourth-order valence-electron chi connectivity index (χ4n) is 1.36. The van der Waals surface area contributed by atoms with Gasteiger partial charge in [-0.05, 0) is 12.5 Å². The van der Waals surface area contributed by atoms with Crippen LogP contribution in [0.1, 0.15) is 12.5 Å². The summed E-state index contributed by atoms with van der Waals surface area (Å²) < 4.78 is -1.41. The molecule has 0 saturated carbocycles. The lowest BCUT2D eigenvalue weighted by Gasteiger charge is -2.19. The van der Waals surface area contributed by atoms with Crippen LogP contribution in [-0.2, 0) is 16.0 Å². The average molecular weight is 236 g/mol. The van der Waals surface area contributed by atoms with E-state index in [0.29, 0.717) is 6.54 Å². The standard InChI is InChI=1S/C12H14NO2S/c1-2-13-11(15)12(16,9-14)8-10-6-4-3-5-7-10/h3-7,16H,2,8H2,1H3,(H,13,15). The molecule has 0 bridgehead atoms. The van der Waals surface area contributed by atoms with Crippen LogP contribution in [0.4, 0.5) is 0 Å². The summed E-state index contributed by atoms with van der Waals surface area (Å²) in [4.78, 5) is 22.5. The molecule has 0 fully saturated rings. The number of carbonyl (C=O) groups is 1. The number of thiol groups is 1. The average Bonchev–Trinajstić information content (AvgIpc) is 2.30. The molecule has 1 unspecified atom stereocenters. The summed E-state index contributed by atoms with van der Waals surface area (Å²) in [6.07, 6.45) is 1.96. The third-order valence-electron chi connectivity index (χ3n) is 2.18. The molecule has 1 amide bonds. The van der Waals surface area contributed by atoms with Crippen molar-refractivity contribution in [2.45, 2.75) is 18.1 Å². The highest BCUT2D eigenvalue weighted by atomic mass is 32.1. The number of hydrogen-bond donors (Lipinski definition) is 2. The monoisotopic (exact) mass is 236 g/mol. The molecule has 1 N–H and O–H groups in total. The first-order chi connectivity index (χ1) is 7.62. The molecule has 1 atom stereocenters. The molecule has 0 heterocycles. The zero-order chi connectivity index (χ0) is 12.0. The molecule has 0 aliphatic heterocycles. The Hall–Kier alpha value is -1.29. The lowest BCUT2D eigenvalue weighted by molar-refractivity contribution is -0.121. The zero-order valence-electron chi connectivity index (χ0n) is 9.06. The summed E-state index contributed by atoms with van der Waals surface area (Å²) in [7, 11) is 0. The summed E-state index contributed by atoms with van der Waals surface area (Å²) in [6.45, 7) is 2.26. The molecule has 0 saturated heterocycles. The van der Waals surface area contributed by atoms with Gasteiger partial charge in [-0.1, -0.05) is 30.3 Å². The molecule has 4 heteroatoms. The minimum Gasteiger partial charge on any atom is -0.355 e. The summed E-state index contributed by atoms with van der Waals surface area (Å²) in [5, 5.41) is 2.58. The largest absolute Gasteiger partial charge is 0.355 e. The molecule has 85 valence electrons. The van der Waals surface area contributed by atoms with Crippen LogP contribution in [0.2, 0.25) is 0 Å². The molecule has 0 aliphatic carbocycles. The molecular weight excluding hydrogens is 222 g/mol. The van der Waals surface area contributed by atoms with Crippen LogP contribution in [0.25, 0.3) is 0 Å². The highest BCUT2D eigenvalue weighted by Gasteiger charge is 2.35. The quantitative estimate of drug-likeness (QED) is 0.595. The van der Waals surface area contributed by atoms with Crippen LogP contribution < -0.4 is 5.32 Å². The van der Waals surface area contributed by atoms with E-state index in [1.54, 1.807) is 13.2 Å². The van der Waals surface area contributed by atoms with Gasteiger partial charge in [0, 0.05) is 13.0 Å². The predicted molar refractivity (Wildman–Crippen MR) is 66.2 cm³/mol. The first-order valence-electron chi connectivity index (χ1n) is 5.06. The van der Waals surface area contributed by atoms with Crippen molar-refractivity contribution in [1.29, 1.82) is 0 Å². The zero-order valence-corrected chi connectivity index (χ0v) is 9.96. The van der Waals surface area contributed by atoms with Crippen LogP contribution in [0.3, 0.4) is 0 Å². The molecule has 1 rings (SSSR count). The molecule has 16 heavy (non-hydrogen) atoms. The number of benzene rings is 1. The van der Waals surface area contributed by atoms with Crippen molar-refractivity contribution in [3.63, 3.8) is 0 Å². The molecular formula is C12H14NO2S. The lowest BCUT2D eigenvalue weighted by atomic mass is 9.99. The Balaban J connectivity index is 2.82. The van der Waals surface area contributed by atoms with Gasteiger partial charge in [0.1, 0.15) is 0 Å². The Morgan fingerprint density at radius 3 is 2.56 bits per heavy atom. The minimum atomic E-state index is -1.41. The number of hydrogen-bond acceptors (Lipinski definition) is 3. The molecule has 1 aromatic carbocycles. The Morgan fingerprint density at radius 2 is 2.06 bits per heavy atom. The smallest absolute Gasteiger partial charge is 0.244 e. The van der Waals surface area contributed by atoms with Crippen LogP contribution in [0, 0.1) is 0 Å². The second kappa shape index (κ2) is 5.70. The van der Waals surface area contributed by atoms with E-state index in [0.717, 1.165) is 5.56 Å². The second-order valence-electron chi connectivity index (χ2n) is 3.48. The van der Waals surface area contributed by atoms with Crippen molar-refractivity contribution in [3.05, 3.63) is 35.9 Å². The second-order valence-corrected chi connectivity index (χ2v) is 4.25. The van der Waals surface area contributed by atoms with E-state index < -0.39 is 10.7 Å². The minimum absolute atomic E-state index is 0.242. The molecule has 0 aliphatic rings. The number of amides is 1. The van der Waals surface area contributed by atoms with E-state index in [2.05, 4.69) is 17.9 Å². The Morgan fingerprint density at radius 1 is 1.44 bits per heavy atom. The lowest BCUT2D eigenvalue weighted by Crippen LogP contribution is -2.45. The van der Waals surface area contributed by atoms with Gasteiger partial charge in [0.05, 0.1) is 0 Å². The van der Waals surface area contributed by atoms with Gasteiger partial charge in [-0.15, -0.1) is 0 Å². The van der Waals surface area contributed by atoms with Crippen LogP contribution >= 0.6 is 12.6 Å². The van der Waals surface area contributed by atoms with Gasteiger partial charge < -0.3 is 5.32 Å². The van der Waals surface area contributed by atoms with Gasteiger partial charge in [0.2, 0.25) is 12.2 Å². The van der Waals surface area contributed by atoms with Crippen LogP contribution in [-0.4, -0.2) is 23.5 Å². The first-order valence-corrected chi connectivity index (χ1v) is 5.51. The Kier molecular flexibility index (Phi) is 4.55. The highest BCUT2D eigenvalue weighted by molar-refractivity contribution is 7.83. The van der Waals surface area contributed by atoms with Crippen molar-refractivity contribution < 1.29 is 9.59 Å². The van der Waals surface area contributed by atoms with E-state index >= 15 is 0 Å². The van der Waals surface area contributed by atoms with Crippen molar-refractivity contribution in [1.82, 2.24) is 5.32 Å². The first kappa shape index (κ1) is 12.8. The SMILES string of the molecule is CCNC(=O)C(S)([C]=O)Cc1ccccc1. The Labute approximate surface area is 101 Å². The van der Waals surface area contributed by atoms with E-state index in [-0.39, 0.29) is 6.42 Å². The van der Waals surface area contributed by atoms with Gasteiger partial charge in [0.15, 0.2) is 4.75 Å². The summed E-state index contributed by atoms with van der Waals surface area (Å²) in [5.74, 6) is -0.405. The Bertz CT molecular complexity index is 367. The summed E-state index contributed by atoms with van der Waals surface area (Å²) in [5.41, 5.74) is 0.882. The van der Waals surface area contributed by atoms with Gasteiger partial charge in [-0.3, -0.25) is 9.59 Å². The van der Waals surface area contributed by atoms with Crippen LogP contribution in [0.15, 0.2) is 30.3 Å². The van der Waals surface area contributed by atoms with Gasteiger partial charge >= 0.3 is 0 Å². The van der Waals surface area contributed by atoms with Crippen molar-refractivity contribution in [2.75, 3.05) is 6.54 Å². The molecule has 1 radical (unpaired) electrons. The molecule has 0 aromatic heterocycles. The van der Waals surface area contributed by atoms with E-state index in [4.69, 9.17) is 0 Å². The third kappa shape index (κ3) is 3.10. The van der Waals surface area contributed by atoms with Gasteiger partial charge in [0.25, 0.3) is 0 Å². The summed E-state index contributed by atoms with van der Waals surface area (Å²) in [6, 6.07) is 9.28.